The summed E-state index contributed by atoms with van der Waals surface area (Å²) in [5.74, 6) is 1.07. The van der Waals surface area contributed by atoms with Gasteiger partial charge in [-0.1, -0.05) is 18.2 Å². The highest BCUT2D eigenvalue weighted by atomic mass is 32.2. The number of benzene rings is 1. The quantitative estimate of drug-likeness (QED) is 0.665. The summed E-state index contributed by atoms with van der Waals surface area (Å²) in [6.07, 6.45) is 1.02. The highest BCUT2D eigenvalue weighted by Crippen LogP contribution is 2.37. The molecule has 23 heavy (non-hydrogen) atoms. The highest BCUT2D eigenvalue weighted by molar-refractivity contribution is 7.99. The van der Waals surface area contributed by atoms with Crippen molar-refractivity contribution in [1.82, 2.24) is 9.88 Å². The van der Waals surface area contributed by atoms with E-state index in [2.05, 4.69) is 22.5 Å². The predicted octanol–water partition coefficient (Wildman–Crippen LogP) is 4.68. The summed E-state index contributed by atoms with van der Waals surface area (Å²) in [4.78, 5) is 20.7. The number of amides is 1. The summed E-state index contributed by atoms with van der Waals surface area (Å²) in [6, 6.07) is 12.2. The van der Waals surface area contributed by atoms with Crippen LogP contribution in [0.2, 0.25) is 0 Å². The van der Waals surface area contributed by atoms with Gasteiger partial charge in [-0.05, 0) is 30.0 Å². The van der Waals surface area contributed by atoms with Crippen LogP contribution in [0.3, 0.4) is 0 Å². The van der Waals surface area contributed by atoms with Crippen LogP contribution < -0.4 is 0 Å². The van der Waals surface area contributed by atoms with E-state index in [-0.39, 0.29) is 5.91 Å². The number of hydrogen-bond donors (Lipinski definition) is 0. The molecule has 0 spiro atoms. The van der Waals surface area contributed by atoms with Crippen molar-refractivity contribution in [3.8, 4) is 0 Å². The molecule has 118 valence electrons. The fourth-order valence-corrected chi connectivity index (χ4v) is 5.94. The zero-order chi connectivity index (χ0) is 15.6. The molecule has 3 heterocycles. The van der Waals surface area contributed by atoms with Crippen molar-refractivity contribution in [2.75, 3.05) is 18.8 Å². The first-order chi connectivity index (χ1) is 11.3. The fourth-order valence-electron chi connectivity index (χ4n) is 2.77. The first-order valence-corrected chi connectivity index (χ1v) is 10.4. The Balaban J connectivity index is 1.50. The molecule has 3 nitrogen and oxygen atoms in total. The van der Waals surface area contributed by atoms with E-state index in [0.29, 0.717) is 10.3 Å². The van der Waals surface area contributed by atoms with Crippen LogP contribution in [0.15, 0.2) is 41.8 Å². The molecule has 1 atom stereocenters. The number of rotatable bonds is 2. The van der Waals surface area contributed by atoms with E-state index in [9.17, 15) is 4.79 Å². The van der Waals surface area contributed by atoms with Crippen LogP contribution in [0.25, 0.3) is 10.2 Å². The molecule has 1 aromatic carbocycles. The minimum absolute atomic E-state index is 0.0821. The Morgan fingerprint density at radius 1 is 1.17 bits per heavy atom. The Bertz CT molecular complexity index is 779. The lowest BCUT2D eigenvalue weighted by atomic mass is 10.2. The van der Waals surface area contributed by atoms with Gasteiger partial charge in [0.05, 0.1) is 10.2 Å². The van der Waals surface area contributed by atoms with E-state index in [0.717, 1.165) is 35.5 Å². The van der Waals surface area contributed by atoms with Crippen molar-refractivity contribution in [3.05, 3.63) is 51.7 Å². The van der Waals surface area contributed by atoms with Gasteiger partial charge in [0, 0.05) is 29.0 Å². The van der Waals surface area contributed by atoms with Crippen molar-refractivity contribution in [2.45, 2.75) is 11.7 Å². The van der Waals surface area contributed by atoms with Gasteiger partial charge >= 0.3 is 0 Å². The van der Waals surface area contributed by atoms with Crippen LogP contribution in [-0.2, 0) is 0 Å². The van der Waals surface area contributed by atoms with Crippen LogP contribution >= 0.6 is 34.4 Å². The zero-order valence-corrected chi connectivity index (χ0v) is 14.9. The lowest BCUT2D eigenvalue weighted by Crippen LogP contribution is -2.32. The van der Waals surface area contributed by atoms with Crippen molar-refractivity contribution < 1.29 is 4.79 Å². The first kappa shape index (κ1) is 15.2. The summed E-state index contributed by atoms with van der Waals surface area (Å²) in [5.41, 5.74) is 0.918. The molecule has 1 aliphatic rings. The summed E-state index contributed by atoms with van der Waals surface area (Å²) >= 11 is 5.27. The van der Waals surface area contributed by atoms with E-state index >= 15 is 0 Å². The Labute approximate surface area is 147 Å². The summed E-state index contributed by atoms with van der Waals surface area (Å²) in [7, 11) is 0. The van der Waals surface area contributed by atoms with Gasteiger partial charge in [0.25, 0.3) is 5.91 Å². The Hall–Kier alpha value is -1.37. The normalized spacial score (nSPS) is 19.0. The molecule has 3 aromatic rings. The SMILES string of the molecule is O=C(c1nc2ccccc2s1)N1CCSC(c2cccs2)CC1. The maximum atomic E-state index is 12.8. The maximum Gasteiger partial charge on any atom is 0.282 e. The van der Waals surface area contributed by atoms with Crippen LogP contribution in [0.1, 0.15) is 26.4 Å². The largest absolute Gasteiger partial charge is 0.336 e. The Kier molecular flexibility index (Phi) is 4.37. The molecule has 0 saturated carbocycles. The van der Waals surface area contributed by atoms with Gasteiger partial charge < -0.3 is 4.90 Å². The van der Waals surface area contributed by atoms with Crippen molar-refractivity contribution >= 4 is 50.6 Å². The van der Waals surface area contributed by atoms with Gasteiger partial charge in [-0.15, -0.1) is 22.7 Å². The molecule has 6 heteroatoms. The van der Waals surface area contributed by atoms with Gasteiger partial charge in [0.15, 0.2) is 5.01 Å². The van der Waals surface area contributed by atoms with Crippen LogP contribution in [0.4, 0.5) is 0 Å². The van der Waals surface area contributed by atoms with Crippen LogP contribution in [-0.4, -0.2) is 34.6 Å². The number of fused-ring (bicyclic) bond motifs is 1. The number of nitrogens with zero attached hydrogens (tertiary/aromatic N) is 2. The van der Waals surface area contributed by atoms with E-state index < -0.39 is 0 Å². The molecule has 1 aliphatic heterocycles. The van der Waals surface area contributed by atoms with Gasteiger partial charge in [-0.2, -0.15) is 11.8 Å². The second kappa shape index (κ2) is 6.63. The number of thiazole rings is 1. The molecular formula is C17H16N2OS3. The average molecular weight is 361 g/mol. The topological polar surface area (TPSA) is 33.2 Å². The molecule has 1 amide bonds. The van der Waals surface area contributed by atoms with Crippen LogP contribution in [0, 0.1) is 0 Å². The summed E-state index contributed by atoms with van der Waals surface area (Å²) < 4.78 is 1.08. The molecule has 1 unspecified atom stereocenters. The molecule has 0 N–H and O–H groups in total. The number of aromatic nitrogens is 1. The molecule has 1 fully saturated rings. The molecular weight excluding hydrogens is 344 g/mol. The average Bonchev–Trinajstić information content (AvgIpc) is 3.19. The minimum Gasteiger partial charge on any atom is -0.336 e. The highest BCUT2D eigenvalue weighted by Gasteiger charge is 2.25. The van der Waals surface area contributed by atoms with E-state index in [1.807, 2.05) is 52.3 Å². The van der Waals surface area contributed by atoms with Crippen molar-refractivity contribution in [1.29, 1.82) is 0 Å². The summed E-state index contributed by atoms with van der Waals surface area (Å²) in [5, 5.41) is 3.26. The molecule has 4 rings (SSSR count). The molecule has 0 radical (unpaired) electrons. The van der Waals surface area contributed by atoms with E-state index in [1.165, 1.54) is 16.2 Å². The van der Waals surface area contributed by atoms with E-state index in [1.54, 1.807) is 0 Å². The van der Waals surface area contributed by atoms with Crippen molar-refractivity contribution in [2.24, 2.45) is 0 Å². The molecule has 1 saturated heterocycles. The summed E-state index contributed by atoms with van der Waals surface area (Å²) in [6.45, 7) is 1.62. The van der Waals surface area contributed by atoms with Gasteiger partial charge in [-0.3, -0.25) is 4.79 Å². The molecule has 0 bridgehead atoms. The number of thioether (sulfide) groups is 1. The van der Waals surface area contributed by atoms with Gasteiger partial charge in [0.1, 0.15) is 0 Å². The number of para-hydroxylation sites is 1. The standard InChI is InChI=1S/C17H16N2OS3/c20-17(16-18-12-4-1-2-5-13(12)23-16)19-8-7-15(22-11-9-19)14-6-3-10-21-14/h1-6,10,15H,7-9,11H2. The second-order valence-corrected chi connectivity index (χ2v) is 8.76. The lowest BCUT2D eigenvalue weighted by molar-refractivity contribution is 0.0766. The Morgan fingerprint density at radius 3 is 2.91 bits per heavy atom. The maximum absolute atomic E-state index is 12.8. The number of carbonyl (C=O) groups excluding carboxylic acids is 1. The Morgan fingerprint density at radius 2 is 2.09 bits per heavy atom. The number of carbonyl (C=O) groups is 1. The lowest BCUT2D eigenvalue weighted by Gasteiger charge is -2.18. The fraction of sp³-hybridized carbons (Fsp3) is 0.294. The predicted molar refractivity (Wildman–Crippen MR) is 99.7 cm³/mol. The van der Waals surface area contributed by atoms with E-state index in [4.69, 9.17) is 0 Å². The third-order valence-corrected chi connectivity index (χ3v) is 7.44. The zero-order valence-electron chi connectivity index (χ0n) is 12.5. The van der Waals surface area contributed by atoms with Gasteiger partial charge in [0.2, 0.25) is 0 Å². The third-order valence-electron chi connectivity index (χ3n) is 3.97. The molecule has 0 aliphatic carbocycles. The first-order valence-electron chi connectivity index (χ1n) is 7.61. The second-order valence-electron chi connectivity index (χ2n) is 5.44. The third kappa shape index (κ3) is 3.16. The molecule has 2 aromatic heterocycles. The minimum atomic E-state index is 0.0821. The van der Waals surface area contributed by atoms with Gasteiger partial charge in [-0.25, -0.2) is 4.98 Å². The number of thiophene rings is 1. The smallest absolute Gasteiger partial charge is 0.282 e. The number of hydrogen-bond acceptors (Lipinski definition) is 5. The van der Waals surface area contributed by atoms with Crippen molar-refractivity contribution in [3.63, 3.8) is 0 Å². The monoisotopic (exact) mass is 360 g/mol. The van der Waals surface area contributed by atoms with Crippen LogP contribution in [0.5, 0.6) is 0 Å².